The number of benzene rings is 1. The Labute approximate surface area is 99.0 Å². The van der Waals surface area contributed by atoms with E-state index in [1.807, 2.05) is 25.1 Å². The lowest BCUT2D eigenvalue weighted by atomic mass is 10.1. The SMILES string of the molecule is Cc1ccc2oc(C(=O)NC3CNC3)cc2c1. The van der Waals surface area contributed by atoms with E-state index >= 15 is 0 Å². The van der Waals surface area contributed by atoms with Crippen LogP contribution in [0.4, 0.5) is 0 Å². The van der Waals surface area contributed by atoms with Gasteiger partial charge in [0.05, 0.1) is 6.04 Å². The second kappa shape index (κ2) is 3.89. The van der Waals surface area contributed by atoms with E-state index in [2.05, 4.69) is 10.6 Å². The average molecular weight is 230 g/mol. The van der Waals surface area contributed by atoms with E-state index < -0.39 is 0 Å². The number of hydrogen-bond donors (Lipinski definition) is 2. The fraction of sp³-hybridized carbons (Fsp3) is 0.308. The zero-order chi connectivity index (χ0) is 11.8. The first-order valence-electron chi connectivity index (χ1n) is 5.74. The van der Waals surface area contributed by atoms with Crippen LogP contribution < -0.4 is 10.6 Å². The normalized spacial score (nSPS) is 15.8. The van der Waals surface area contributed by atoms with Gasteiger partial charge in [0.2, 0.25) is 0 Å². The van der Waals surface area contributed by atoms with Crippen molar-refractivity contribution in [1.82, 2.24) is 10.6 Å². The molecule has 0 saturated carbocycles. The topological polar surface area (TPSA) is 54.3 Å². The highest BCUT2D eigenvalue weighted by Gasteiger charge is 2.21. The Bertz CT molecular complexity index is 570. The maximum atomic E-state index is 11.9. The van der Waals surface area contributed by atoms with Crippen molar-refractivity contribution in [2.75, 3.05) is 13.1 Å². The summed E-state index contributed by atoms with van der Waals surface area (Å²) in [6.45, 7) is 3.70. The fourth-order valence-electron chi connectivity index (χ4n) is 1.92. The first-order valence-corrected chi connectivity index (χ1v) is 5.74. The fourth-order valence-corrected chi connectivity index (χ4v) is 1.92. The minimum atomic E-state index is -0.134. The van der Waals surface area contributed by atoms with Crippen molar-refractivity contribution in [3.8, 4) is 0 Å². The monoisotopic (exact) mass is 230 g/mol. The Morgan fingerprint density at radius 2 is 2.24 bits per heavy atom. The Morgan fingerprint density at radius 3 is 2.94 bits per heavy atom. The molecule has 0 aliphatic carbocycles. The molecular weight excluding hydrogens is 216 g/mol. The molecule has 17 heavy (non-hydrogen) atoms. The van der Waals surface area contributed by atoms with Gasteiger partial charge in [-0.3, -0.25) is 4.79 Å². The van der Waals surface area contributed by atoms with Crippen LogP contribution in [0.3, 0.4) is 0 Å². The number of carbonyl (C=O) groups is 1. The maximum absolute atomic E-state index is 11.9. The summed E-state index contributed by atoms with van der Waals surface area (Å²) in [7, 11) is 0. The molecule has 1 fully saturated rings. The average Bonchev–Trinajstić information content (AvgIpc) is 2.65. The van der Waals surface area contributed by atoms with E-state index in [1.54, 1.807) is 6.07 Å². The molecule has 0 bridgehead atoms. The third-order valence-electron chi connectivity index (χ3n) is 3.01. The number of fused-ring (bicyclic) bond motifs is 1. The predicted molar refractivity (Wildman–Crippen MR) is 65.1 cm³/mol. The number of rotatable bonds is 2. The number of hydrogen-bond acceptors (Lipinski definition) is 3. The van der Waals surface area contributed by atoms with Crippen LogP contribution >= 0.6 is 0 Å². The smallest absolute Gasteiger partial charge is 0.287 e. The van der Waals surface area contributed by atoms with Crippen LogP contribution in [0, 0.1) is 6.92 Å². The number of aryl methyl sites for hydroxylation is 1. The number of amides is 1. The number of nitrogens with one attached hydrogen (secondary N) is 2. The van der Waals surface area contributed by atoms with Crippen molar-refractivity contribution >= 4 is 16.9 Å². The van der Waals surface area contributed by atoms with Gasteiger partial charge in [0, 0.05) is 18.5 Å². The van der Waals surface area contributed by atoms with E-state index in [-0.39, 0.29) is 11.9 Å². The van der Waals surface area contributed by atoms with E-state index in [0.29, 0.717) is 5.76 Å². The maximum Gasteiger partial charge on any atom is 0.287 e. The first kappa shape index (κ1) is 10.4. The van der Waals surface area contributed by atoms with Crippen molar-refractivity contribution < 1.29 is 9.21 Å². The van der Waals surface area contributed by atoms with Crippen molar-refractivity contribution in [1.29, 1.82) is 0 Å². The van der Waals surface area contributed by atoms with Crippen molar-refractivity contribution in [3.63, 3.8) is 0 Å². The molecule has 3 rings (SSSR count). The molecule has 1 aliphatic rings. The van der Waals surface area contributed by atoms with Crippen molar-refractivity contribution in [2.45, 2.75) is 13.0 Å². The Morgan fingerprint density at radius 1 is 1.41 bits per heavy atom. The van der Waals surface area contributed by atoms with Crippen LogP contribution in [0.25, 0.3) is 11.0 Å². The molecule has 4 heteroatoms. The largest absolute Gasteiger partial charge is 0.451 e. The molecular formula is C13H14N2O2. The highest BCUT2D eigenvalue weighted by atomic mass is 16.3. The summed E-state index contributed by atoms with van der Waals surface area (Å²) in [5.41, 5.74) is 1.92. The minimum Gasteiger partial charge on any atom is -0.451 e. The van der Waals surface area contributed by atoms with Gasteiger partial charge in [-0.05, 0) is 25.1 Å². The summed E-state index contributed by atoms with van der Waals surface area (Å²) in [6.07, 6.45) is 0. The summed E-state index contributed by atoms with van der Waals surface area (Å²) in [5, 5.41) is 6.99. The van der Waals surface area contributed by atoms with Gasteiger partial charge >= 0.3 is 0 Å². The highest BCUT2D eigenvalue weighted by Crippen LogP contribution is 2.20. The second-order valence-electron chi connectivity index (χ2n) is 4.48. The van der Waals surface area contributed by atoms with Gasteiger partial charge in [-0.25, -0.2) is 0 Å². The molecule has 2 N–H and O–H groups in total. The standard InChI is InChI=1S/C13H14N2O2/c1-8-2-3-11-9(4-8)5-12(17-11)13(16)15-10-6-14-7-10/h2-5,10,14H,6-7H2,1H3,(H,15,16). The quantitative estimate of drug-likeness (QED) is 0.820. The third kappa shape index (κ3) is 1.91. The summed E-state index contributed by atoms with van der Waals surface area (Å²) in [5.74, 6) is 0.253. The second-order valence-corrected chi connectivity index (χ2v) is 4.48. The molecule has 4 nitrogen and oxygen atoms in total. The van der Waals surface area contributed by atoms with Crippen LogP contribution in [0.2, 0.25) is 0 Å². The van der Waals surface area contributed by atoms with Gasteiger partial charge in [0.25, 0.3) is 5.91 Å². The summed E-state index contributed by atoms with van der Waals surface area (Å²) >= 11 is 0. The van der Waals surface area contributed by atoms with Crippen LogP contribution in [-0.2, 0) is 0 Å². The van der Waals surface area contributed by atoms with Crippen LogP contribution in [0.15, 0.2) is 28.7 Å². The molecule has 2 aromatic rings. The summed E-state index contributed by atoms with van der Waals surface area (Å²) in [4.78, 5) is 11.9. The first-order chi connectivity index (χ1) is 8.22. The molecule has 0 radical (unpaired) electrons. The summed E-state index contributed by atoms with van der Waals surface area (Å²) in [6, 6.07) is 7.91. The van der Waals surface area contributed by atoms with Crippen molar-refractivity contribution in [3.05, 3.63) is 35.6 Å². The van der Waals surface area contributed by atoms with Gasteiger partial charge in [0.15, 0.2) is 5.76 Å². The molecule has 0 spiro atoms. The summed E-state index contributed by atoms with van der Waals surface area (Å²) < 4.78 is 5.52. The van der Waals surface area contributed by atoms with E-state index in [4.69, 9.17) is 4.42 Å². The van der Waals surface area contributed by atoms with E-state index in [0.717, 1.165) is 29.6 Å². The van der Waals surface area contributed by atoms with Crippen LogP contribution in [0.5, 0.6) is 0 Å². The Hall–Kier alpha value is -1.81. The lowest BCUT2D eigenvalue weighted by Gasteiger charge is -2.27. The van der Waals surface area contributed by atoms with Crippen molar-refractivity contribution in [2.24, 2.45) is 0 Å². The molecule has 1 saturated heterocycles. The van der Waals surface area contributed by atoms with Crippen LogP contribution in [0.1, 0.15) is 16.1 Å². The lowest BCUT2D eigenvalue weighted by molar-refractivity contribution is 0.0898. The third-order valence-corrected chi connectivity index (χ3v) is 3.01. The predicted octanol–water partition coefficient (Wildman–Crippen LogP) is 1.44. The lowest BCUT2D eigenvalue weighted by Crippen LogP contribution is -2.56. The van der Waals surface area contributed by atoms with Gasteiger partial charge in [-0.15, -0.1) is 0 Å². The minimum absolute atomic E-state index is 0.134. The molecule has 0 atom stereocenters. The Kier molecular flexibility index (Phi) is 2.37. The van der Waals surface area contributed by atoms with Gasteiger partial charge < -0.3 is 15.1 Å². The number of furan rings is 1. The molecule has 0 unspecified atom stereocenters. The Balaban J connectivity index is 1.86. The number of carbonyl (C=O) groups excluding carboxylic acids is 1. The molecule has 1 aromatic heterocycles. The molecule has 1 aliphatic heterocycles. The van der Waals surface area contributed by atoms with Crippen LogP contribution in [-0.4, -0.2) is 25.0 Å². The zero-order valence-electron chi connectivity index (χ0n) is 9.62. The van der Waals surface area contributed by atoms with Gasteiger partial charge in [-0.2, -0.15) is 0 Å². The molecule has 2 heterocycles. The molecule has 1 amide bonds. The molecule has 1 aromatic carbocycles. The van der Waals surface area contributed by atoms with Gasteiger partial charge in [-0.1, -0.05) is 11.6 Å². The molecule has 88 valence electrons. The zero-order valence-corrected chi connectivity index (χ0v) is 9.62. The highest BCUT2D eigenvalue weighted by molar-refractivity contribution is 5.96. The van der Waals surface area contributed by atoms with Gasteiger partial charge in [0.1, 0.15) is 5.58 Å². The van der Waals surface area contributed by atoms with E-state index in [9.17, 15) is 4.79 Å². The van der Waals surface area contributed by atoms with E-state index in [1.165, 1.54) is 0 Å².